The van der Waals surface area contributed by atoms with E-state index in [4.69, 9.17) is 10.2 Å². The topological polar surface area (TPSA) is 69.6 Å². The van der Waals surface area contributed by atoms with Crippen LogP contribution in [0.3, 0.4) is 0 Å². The van der Waals surface area contributed by atoms with Crippen molar-refractivity contribution < 1.29 is 15.0 Å². The van der Waals surface area contributed by atoms with Gasteiger partial charge in [-0.05, 0) is 44.7 Å². The van der Waals surface area contributed by atoms with E-state index in [0.29, 0.717) is 12.8 Å². The van der Waals surface area contributed by atoms with Gasteiger partial charge in [0.1, 0.15) is 0 Å². The largest absolute Gasteiger partial charge is 0.396 e. The number of hydrogen-bond acceptors (Lipinski definition) is 4. The number of aryl methyl sites for hydroxylation is 3. The van der Waals surface area contributed by atoms with Crippen LogP contribution in [0, 0.1) is 13.8 Å². The quantitative estimate of drug-likeness (QED) is 0.679. The van der Waals surface area contributed by atoms with Crippen LogP contribution in [-0.4, -0.2) is 35.4 Å². The zero-order valence-electron chi connectivity index (χ0n) is 11.6. The molecule has 0 spiro atoms. The highest BCUT2D eigenvalue weighted by Crippen LogP contribution is 2.22. The molecule has 1 heterocycles. The van der Waals surface area contributed by atoms with Crippen LogP contribution >= 0.6 is 11.3 Å². The Kier molecular flexibility index (Phi) is 7.05. The Morgan fingerprint density at radius 1 is 1.42 bits per heavy atom. The molecule has 0 aliphatic heterocycles. The van der Waals surface area contributed by atoms with Gasteiger partial charge >= 0.3 is 0 Å². The minimum absolute atomic E-state index is 0.0289. The second kappa shape index (κ2) is 8.30. The molecule has 0 bridgehead atoms. The number of carbonyl (C=O) groups is 1. The van der Waals surface area contributed by atoms with Crippen LogP contribution in [-0.2, 0) is 11.2 Å². The van der Waals surface area contributed by atoms with Crippen LogP contribution in [0.5, 0.6) is 0 Å². The highest BCUT2D eigenvalue weighted by Gasteiger charge is 2.11. The van der Waals surface area contributed by atoms with Crippen LogP contribution in [0.2, 0.25) is 0 Å². The van der Waals surface area contributed by atoms with Gasteiger partial charge in [-0.2, -0.15) is 0 Å². The fourth-order valence-electron chi connectivity index (χ4n) is 2.04. The summed E-state index contributed by atoms with van der Waals surface area (Å²) in [4.78, 5) is 14.3. The second-order valence-corrected chi connectivity index (χ2v) is 6.21. The summed E-state index contributed by atoms with van der Waals surface area (Å²) in [6.07, 6.45) is 2.56. The van der Waals surface area contributed by atoms with E-state index in [2.05, 4.69) is 25.2 Å². The van der Waals surface area contributed by atoms with Crippen molar-refractivity contribution in [2.24, 2.45) is 0 Å². The summed E-state index contributed by atoms with van der Waals surface area (Å²) < 4.78 is 0. The van der Waals surface area contributed by atoms with Crippen LogP contribution < -0.4 is 5.32 Å². The molecule has 0 saturated carbocycles. The second-order valence-electron chi connectivity index (χ2n) is 4.75. The fourth-order valence-corrected chi connectivity index (χ4v) is 3.01. The number of carbonyl (C=O) groups excluding carboxylic acids is 1. The average Bonchev–Trinajstić information content (AvgIpc) is 2.67. The van der Waals surface area contributed by atoms with Crippen molar-refractivity contribution in [2.75, 3.05) is 13.2 Å². The van der Waals surface area contributed by atoms with Crippen LogP contribution in [0.25, 0.3) is 0 Å². The normalized spacial score (nSPS) is 12.4. The zero-order chi connectivity index (χ0) is 14.3. The summed E-state index contributed by atoms with van der Waals surface area (Å²) in [6.45, 7) is 4.04. The summed E-state index contributed by atoms with van der Waals surface area (Å²) in [6, 6.07) is 1.85. The van der Waals surface area contributed by atoms with Gasteiger partial charge in [0.05, 0.1) is 12.6 Å². The summed E-state index contributed by atoms with van der Waals surface area (Å²) in [5.74, 6) is -0.0582. The molecule has 1 aromatic heterocycles. The summed E-state index contributed by atoms with van der Waals surface area (Å²) >= 11 is 1.79. The van der Waals surface area contributed by atoms with Gasteiger partial charge in [0.2, 0.25) is 5.91 Å². The Bertz CT molecular complexity index is 403. The maximum absolute atomic E-state index is 11.7. The van der Waals surface area contributed by atoms with E-state index >= 15 is 0 Å². The number of rotatable bonds is 8. The van der Waals surface area contributed by atoms with Crippen molar-refractivity contribution in [1.82, 2.24) is 5.32 Å². The molecule has 0 saturated heterocycles. The third-order valence-corrected chi connectivity index (χ3v) is 4.06. The van der Waals surface area contributed by atoms with Gasteiger partial charge in [-0.15, -0.1) is 11.3 Å². The number of aliphatic hydroxyl groups excluding tert-OH is 2. The Morgan fingerprint density at radius 2 is 2.16 bits per heavy atom. The van der Waals surface area contributed by atoms with E-state index in [1.54, 1.807) is 11.3 Å². The third kappa shape index (κ3) is 5.72. The molecule has 5 heteroatoms. The molecule has 1 aromatic rings. The Hall–Kier alpha value is -0.910. The number of nitrogens with one attached hydrogen (secondary N) is 1. The van der Waals surface area contributed by atoms with Gasteiger partial charge in [-0.3, -0.25) is 4.79 Å². The SMILES string of the molecule is Cc1cc(CCCC(=O)N[C@@H](CO)CCO)c(C)s1. The molecule has 0 aliphatic rings. The minimum Gasteiger partial charge on any atom is -0.396 e. The van der Waals surface area contributed by atoms with E-state index < -0.39 is 0 Å². The van der Waals surface area contributed by atoms with Crippen LogP contribution in [0.1, 0.15) is 34.6 Å². The fraction of sp³-hybridized carbons (Fsp3) is 0.643. The lowest BCUT2D eigenvalue weighted by molar-refractivity contribution is -0.122. The molecular weight excluding hydrogens is 262 g/mol. The van der Waals surface area contributed by atoms with Gasteiger partial charge < -0.3 is 15.5 Å². The summed E-state index contributed by atoms with van der Waals surface area (Å²) in [7, 11) is 0. The van der Waals surface area contributed by atoms with Crippen LogP contribution in [0.15, 0.2) is 6.07 Å². The molecule has 0 radical (unpaired) electrons. The molecule has 0 aromatic carbocycles. The lowest BCUT2D eigenvalue weighted by atomic mass is 10.1. The lowest BCUT2D eigenvalue weighted by Gasteiger charge is -2.14. The Labute approximate surface area is 118 Å². The molecule has 0 unspecified atom stereocenters. The number of amides is 1. The Balaban J connectivity index is 2.28. The van der Waals surface area contributed by atoms with Crippen molar-refractivity contribution in [1.29, 1.82) is 0 Å². The van der Waals surface area contributed by atoms with Crippen molar-refractivity contribution in [3.8, 4) is 0 Å². The number of hydrogen-bond donors (Lipinski definition) is 3. The number of aliphatic hydroxyl groups is 2. The average molecular weight is 285 g/mol. The van der Waals surface area contributed by atoms with E-state index in [-0.39, 0.29) is 25.2 Å². The monoisotopic (exact) mass is 285 g/mol. The van der Waals surface area contributed by atoms with Crippen molar-refractivity contribution in [2.45, 2.75) is 45.6 Å². The van der Waals surface area contributed by atoms with Gasteiger partial charge in [-0.1, -0.05) is 0 Å². The molecule has 4 nitrogen and oxygen atoms in total. The predicted molar refractivity (Wildman–Crippen MR) is 77.5 cm³/mol. The Morgan fingerprint density at radius 3 is 2.68 bits per heavy atom. The van der Waals surface area contributed by atoms with Crippen LogP contribution in [0.4, 0.5) is 0 Å². The smallest absolute Gasteiger partial charge is 0.220 e. The first-order valence-electron chi connectivity index (χ1n) is 6.63. The summed E-state index contributed by atoms with van der Waals surface area (Å²) in [5, 5.41) is 20.5. The maximum atomic E-state index is 11.7. The van der Waals surface area contributed by atoms with Gasteiger partial charge in [0, 0.05) is 22.8 Å². The van der Waals surface area contributed by atoms with E-state index in [1.807, 2.05) is 0 Å². The molecule has 1 amide bonds. The molecule has 3 N–H and O–H groups in total. The summed E-state index contributed by atoms with van der Waals surface area (Å²) in [5.41, 5.74) is 1.32. The predicted octanol–water partition coefficient (Wildman–Crippen LogP) is 1.55. The minimum atomic E-state index is -0.331. The first-order valence-corrected chi connectivity index (χ1v) is 7.45. The molecular formula is C14H23NO3S. The maximum Gasteiger partial charge on any atom is 0.220 e. The zero-order valence-corrected chi connectivity index (χ0v) is 12.4. The lowest BCUT2D eigenvalue weighted by Crippen LogP contribution is -2.38. The van der Waals surface area contributed by atoms with Gasteiger partial charge in [0.25, 0.3) is 0 Å². The van der Waals surface area contributed by atoms with Crippen molar-refractivity contribution in [3.63, 3.8) is 0 Å². The molecule has 19 heavy (non-hydrogen) atoms. The first-order chi connectivity index (χ1) is 9.06. The molecule has 1 atom stereocenters. The van der Waals surface area contributed by atoms with E-state index in [0.717, 1.165) is 12.8 Å². The van der Waals surface area contributed by atoms with Crippen molar-refractivity contribution in [3.05, 3.63) is 21.4 Å². The third-order valence-electron chi connectivity index (χ3n) is 3.06. The van der Waals surface area contributed by atoms with E-state index in [9.17, 15) is 4.79 Å². The van der Waals surface area contributed by atoms with Crippen molar-refractivity contribution >= 4 is 17.2 Å². The molecule has 1 rings (SSSR count). The van der Waals surface area contributed by atoms with E-state index in [1.165, 1.54) is 15.3 Å². The first kappa shape index (κ1) is 16.1. The van der Waals surface area contributed by atoms with Gasteiger partial charge in [0.15, 0.2) is 0 Å². The molecule has 0 aliphatic carbocycles. The standard InChI is InChI=1S/C14H23NO3S/c1-10-8-12(11(2)19-10)4-3-5-14(18)15-13(9-17)6-7-16/h8,13,16-17H,3-7,9H2,1-2H3,(H,15,18)/t13-/m1/s1. The molecule has 108 valence electrons. The number of thiophene rings is 1. The molecule has 0 fully saturated rings. The highest BCUT2D eigenvalue weighted by atomic mass is 32.1. The van der Waals surface area contributed by atoms with Gasteiger partial charge in [-0.25, -0.2) is 0 Å². The highest BCUT2D eigenvalue weighted by molar-refractivity contribution is 7.12.